The molecule has 9 nitrogen and oxygen atoms in total. The molecular weight excluding hydrogens is 427 g/mol. The van der Waals surface area contributed by atoms with E-state index in [0.717, 1.165) is 0 Å². The van der Waals surface area contributed by atoms with Gasteiger partial charge in [0.15, 0.2) is 0 Å². The summed E-state index contributed by atoms with van der Waals surface area (Å²) in [5.41, 5.74) is 8.24. The Bertz CT molecular complexity index is 853. The number of rotatable bonds is 6. The number of carbonyl (C=O) groups is 1. The third kappa shape index (κ3) is 8.31. The molecule has 0 aliphatic rings. The van der Waals surface area contributed by atoms with E-state index in [2.05, 4.69) is 14.7 Å². The summed E-state index contributed by atoms with van der Waals surface area (Å²) >= 11 is 5.93. The van der Waals surface area contributed by atoms with E-state index in [-0.39, 0.29) is 27.7 Å². The summed E-state index contributed by atoms with van der Waals surface area (Å²) in [6, 6.07) is 4.08. The number of hydrogen-bond donors (Lipinski definition) is 2. The standard InChI is InChI=1S/C12H18ClN5O2S.C2HF3O2/c1-12(2,18(3)4)8-15-21(19,20)11-7-9(16-17-14)5-6-10(11)13;3-2(4,5)1(6)7/h5-7,15H,8H2,1-4H3;(H,6,7). The molecule has 0 heterocycles. The highest BCUT2D eigenvalue weighted by Crippen LogP contribution is 2.26. The zero-order chi connectivity index (χ0) is 22.3. The number of nitrogens with one attached hydrogen (secondary N) is 1. The summed E-state index contributed by atoms with van der Waals surface area (Å²) in [7, 11) is -0.0612. The summed E-state index contributed by atoms with van der Waals surface area (Å²) < 4.78 is 58.9. The fourth-order valence-electron chi connectivity index (χ4n) is 1.32. The van der Waals surface area contributed by atoms with Crippen LogP contribution >= 0.6 is 11.6 Å². The van der Waals surface area contributed by atoms with E-state index in [9.17, 15) is 21.6 Å². The third-order valence-electron chi connectivity index (χ3n) is 3.51. The maximum Gasteiger partial charge on any atom is 0.490 e. The molecule has 0 atom stereocenters. The van der Waals surface area contributed by atoms with Crippen LogP contribution in [0.25, 0.3) is 10.4 Å². The predicted octanol–water partition coefficient (Wildman–Crippen LogP) is 3.53. The Kier molecular flexibility index (Phi) is 9.21. The van der Waals surface area contributed by atoms with E-state index in [4.69, 9.17) is 27.0 Å². The van der Waals surface area contributed by atoms with Crippen molar-refractivity contribution in [2.75, 3.05) is 20.6 Å². The van der Waals surface area contributed by atoms with Crippen LogP contribution in [0.1, 0.15) is 13.8 Å². The average molecular weight is 446 g/mol. The van der Waals surface area contributed by atoms with E-state index >= 15 is 0 Å². The van der Waals surface area contributed by atoms with Gasteiger partial charge in [0.05, 0.1) is 5.02 Å². The van der Waals surface area contributed by atoms with Crippen LogP contribution in [0, 0.1) is 0 Å². The van der Waals surface area contributed by atoms with Gasteiger partial charge in [0.1, 0.15) is 4.90 Å². The molecule has 0 saturated heterocycles. The van der Waals surface area contributed by atoms with Gasteiger partial charge in [-0.05, 0) is 45.6 Å². The molecule has 158 valence electrons. The number of hydrogen-bond acceptors (Lipinski definition) is 5. The lowest BCUT2D eigenvalue weighted by Gasteiger charge is -2.32. The van der Waals surface area contributed by atoms with E-state index in [0.29, 0.717) is 0 Å². The molecule has 1 aromatic carbocycles. The van der Waals surface area contributed by atoms with Gasteiger partial charge in [-0.3, -0.25) is 0 Å². The summed E-state index contributed by atoms with van der Waals surface area (Å²) in [6.07, 6.45) is -5.08. The maximum absolute atomic E-state index is 12.3. The molecule has 2 N–H and O–H groups in total. The Morgan fingerprint density at radius 1 is 1.36 bits per heavy atom. The van der Waals surface area contributed by atoms with Crippen LogP contribution in [0.2, 0.25) is 5.02 Å². The van der Waals surface area contributed by atoms with Crippen LogP contribution in [-0.2, 0) is 14.8 Å². The largest absolute Gasteiger partial charge is 0.490 e. The smallest absolute Gasteiger partial charge is 0.475 e. The summed E-state index contributed by atoms with van der Waals surface area (Å²) in [6.45, 7) is 4.03. The van der Waals surface area contributed by atoms with Gasteiger partial charge in [0, 0.05) is 22.7 Å². The van der Waals surface area contributed by atoms with Crippen molar-refractivity contribution in [1.82, 2.24) is 9.62 Å². The van der Waals surface area contributed by atoms with Gasteiger partial charge < -0.3 is 10.0 Å². The number of likely N-dealkylation sites (N-methyl/N-ethyl adjacent to an activating group) is 1. The van der Waals surface area contributed by atoms with E-state index in [1.165, 1.54) is 18.2 Å². The van der Waals surface area contributed by atoms with Crippen LogP contribution in [0.5, 0.6) is 0 Å². The van der Waals surface area contributed by atoms with E-state index < -0.39 is 22.2 Å². The first kappa shape index (κ1) is 26.0. The fraction of sp³-hybridized carbons (Fsp3) is 0.500. The van der Waals surface area contributed by atoms with Gasteiger partial charge in [0.2, 0.25) is 10.0 Å². The number of azide groups is 1. The number of alkyl halides is 3. The van der Waals surface area contributed by atoms with Crippen molar-refractivity contribution in [2.45, 2.75) is 30.5 Å². The van der Waals surface area contributed by atoms with Crippen molar-refractivity contribution in [3.8, 4) is 0 Å². The third-order valence-corrected chi connectivity index (χ3v) is 5.40. The predicted molar refractivity (Wildman–Crippen MR) is 96.9 cm³/mol. The second-order valence-electron chi connectivity index (χ2n) is 6.14. The van der Waals surface area contributed by atoms with Gasteiger partial charge in [-0.15, -0.1) is 0 Å². The highest BCUT2D eigenvalue weighted by atomic mass is 35.5. The van der Waals surface area contributed by atoms with E-state index in [1.54, 1.807) is 0 Å². The quantitative estimate of drug-likeness (QED) is 0.392. The second-order valence-corrected chi connectivity index (χ2v) is 8.28. The Morgan fingerprint density at radius 2 is 1.86 bits per heavy atom. The van der Waals surface area contributed by atoms with Crippen LogP contribution in [0.4, 0.5) is 18.9 Å². The molecule has 0 spiro atoms. The molecule has 0 saturated carbocycles. The van der Waals surface area contributed by atoms with Gasteiger partial charge in [-0.2, -0.15) is 13.2 Å². The molecular formula is C14H19ClF3N5O4S. The molecule has 0 aromatic heterocycles. The number of aliphatic carboxylic acids is 1. The van der Waals surface area contributed by atoms with Crippen molar-refractivity contribution in [1.29, 1.82) is 0 Å². The van der Waals surface area contributed by atoms with Gasteiger partial charge in [-0.1, -0.05) is 22.8 Å². The van der Waals surface area contributed by atoms with Crippen molar-refractivity contribution in [3.63, 3.8) is 0 Å². The molecule has 0 bridgehead atoms. The Morgan fingerprint density at radius 3 is 2.25 bits per heavy atom. The van der Waals surface area contributed by atoms with Crippen molar-refractivity contribution in [3.05, 3.63) is 33.7 Å². The molecule has 0 unspecified atom stereocenters. The van der Waals surface area contributed by atoms with Crippen LogP contribution < -0.4 is 4.72 Å². The molecule has 0 amide bonds. The first-order chi connectivity index (χ1) is 12.5. The number of sulfonamides is 1. The number of benzene rings is 1. The molecule has 0 radical (unpaired) electrons. The second kappa shape index (κ2) is 9.94. The molecule has 1 rings (SSSR count). The molecule has 0 fully saturated rings. The first-order valence-corrected chi connectivity index (χ1v) is 9.22. The Labute approximate surface area is 164 Å². The first-order valence-electron chi connectivity index (χ1n) is 7.36. The molecule has 0 aliphatic carbocycles. The fourth-order valence-corrected chi connectivity index (χ4v) is 3.04. The number of nitrogens with zero attached hydrogens (tertiary/aromatic N) is 4. The van der Waals surface area contributed by atoms with Gasteiger partial charge in [0.25, 0.3) is 0 Å². The number of carboxylic acids is 1. The minimum atomic E-state index is -5.08. The van der Waals surface area contributed by atoms with Crippen molar-refractivity contribution < 1.29 is 31.5 Å². The minimum Gasteiger partial charge on any atom is -0.475 e. The summed E-state index contributed by atoms with van der Waals surface area (Å²) in [5.74, 6) is -2.76. The SMILES string of the molecule is CN(C)C(C)(C)CNS(=O)(=O)c1cc(N=[N+]=[N-])ccc1Cl.O=C(O)C(F)(F)F. The van der Waals surface area contributed by atoms with Gasteiger partial charge in [-0.25, -0.2) is 17.9 Å². The molecule has 28 heavy (non-hydrogen) atoms. The average Bonchev–Trinajstić information content (AvgIpc) is 2.54. The zero-order valence-corrected chi connectivity index (χ0v) is 16.9. The van der Waals surface area contributed by atoms with Crippen molar-refractivity contribution >= 4 is 33.3 Å². The van der Waals surface area contributed by atoms with Crippen molar-refractivity contribution in [2.24, 2.45) is 5.11 Å². The van der Waals surface area contributed by atoms with Crippen LogP contribution in [0.15, 0.2) is 28.2 Å². The Balaban J connectivity index is 0.000000887. The normalized spacial score (nSPS) is 12.0. The number of halogens is 4. The van der Waals surface area contributed by atoms with Crippen LogP contribution in [0.3, 0.4) is 0 Å². The molecule has 1 aromatic rings. The molecule has 14 heteroatoms. The lowest BCUT2D eigenvalue weighted by atomic mass is 10.1. The van der Waals surface area contributed by atoms with E-state index in [1.807, 2.05) is 32.8 Å². The summed E-state index contributed by atoms with van der Waals surface area (Å²) in [5, 5.41) is 10.6. The summed E-state index contributed by atoms with van der Waals surface area (Å²) in [4.78, 5) is 13.3. The highest BCUT2D eigenvalue weighted by Gasteiger charge is 2.38. The van der Waals surface area contributed by atoms with Gasteiger partial charge >= 0.3 is 12.1 Å². The monoisotopic (exact) mass is 445 g/mol. The maximum atomic E-state index is 12.3. The number of carboxylic acid groups (broad SMARTS) is 1. The van der Waals surface area contributed by atoms with Crippen LogP contribution in [-0.4, -0.2) is 56.7 Å². The highest BCUT2D eigenvalue weighted by molar-refractivity contribution is 7.89. The zero-order valence-electron chi connectivity index (χ0n) is 15.3. The lowest BCUT2D eigenvalue weighted by molar-refractivity contribution is -0.192. The minimum absolute atomic E-state index is 0.0713. The topological polar surface area (TPSA) is 135 Å². The molecule has 0 aliphatic heterocycles. The Hall–Kier alpha value is -2.05. The lowest BCUT2D eigenvalue weighted by Crippen LogP contribution is -2.48.